The first-order valence-corrected chi connectivity index (χ1v) is 7.13. The zero-order valence-corrected chi connectivity index (χ0v) is 12.1. The van der Waals surface area contributed by atoms with Crippen molar-refractivity contribution in [1.29, 1.82) is 0 Å². The lowest BCUT2D eigenvalue weighted by molar-refractivity contribution is -0.117. The van der Waals surface area contributed by atoms with Crippen LogP contribution in [0.3, 0.4) is 0 Å². The number of ether oxygens (including phenoxy) is 1. The first kappa shape index (κ1) is 15.1. The summed E-state index contributed by atoms with van der Waals surface area (Å²) in [5, 5.41) is 0. The van der Waals surface area contributed by atoms with Gasteiger partial charge in [0.15, 0.2) is 0 Å². The fourth-order valence-electron chi connectivity index (χ4n) is 2.47. The van der Waals surface area contributed by atoms with E-state index in [2.05, 4.69) is 0 Å². The molecule has 0 aliphatic carbocycles. The number of esters is 1. The van der Waals surface area contributed by atoms with E-state index >= 15 is 0 Å². The Bertz CT molecular complexity index is 739. The molecule has 1 fully saturated rings. The molecule has 1 saturated heterocycles. The molecule has 118 valence electrons. The highest BCUT2D eigenvalue weighted by molar-refractivity contribution is 5.95. The monoisotopic (exact) mass is 317 g/mol. The van der Waals surface area contributed by atoms with Crippen LogP contribution in [0.2, 0.25) is 0 Å². The molecule has 0 atom stereocenters. The standard InChI is InChI=1S/C17H13F2NO3/c18-13-3-1-4-14(19)16(13)17(22)23-12-8-6-11(7-9-12)20-10-2-5-15(20)21/h1,3-4,6-9H,2,5,10H2. The van der Waals surface area contributed by atoms with Gasteiger partial charge in [-0.1, -0.05) is 6.07 Å². The van der Waals surface area contributed by atoms with Crippen molar-refractivity contribution in [1.82, 2.24) is 0 Å². The highest BCUT2D eigenvalue weighted by atomic mass is 19.1. The predicted molar refractivity (Wildman–Crippen MR) is 79.3 cm³/mol. The molecular weight excluding hydrogens is 304 g/mol. The molecule has 1 aliphatic rings. The van der Waals surface area contributed by atoms with Crippen LogP contribution in [-0.2, 0) is 4.79 Å². The zero-order chi connectivity index (χ0) is 16.4. The Hall–Kier alpha value is -2.76. The highest BCUT2D eigenvalue weighted by Gasteiger charge is 2.22. The topological polar surface area (TPSA) is 46.6 Å². The lowest BCUT2D eigenvalue weighted by Crippen LogP contribution is -2.23. The zero-order valence-electron chi connectivity index (χ0n) is 12.1. The maximum Gasteiger partial charge on any atom is 0.349 e. The van der Waals surface area contributed by atoms with Crippen LogP contribution in [0.1, 0.15) is 23.2 Å². The van der Waals surface area contributed by atoms with Crippen LogP contribution in [-0.4, -0.2) is 18.4 Å². The normalized spacial score (nSPS) is 14.2. The third kappa shape index (κ3) is 3.06. The van der Waals surface area contributed by atoms with Gasteiger partial charge in [-0.3, -0.25) is 4.79 Å². The van der Waals surface area contributed by atoms with Crippen molar-refractivity contribution in [3.8, 4) is 5.75 Å². The van der Waals surface area contributed by atoms with Gasteiger partial charge in [0, 0.05) is 18.7 Å². The summed E-state index contributed by atoms with van der Waals surface area (Å²) in [5.41, 5.74) is -0.0318. The molecule has 0 saturated carbocycles. The second kappa shape index (κ2) is 6.16. The van der Waals surface area contributed by atoms with Crippen LogP contribution in [0, 0.1) is 11.6 Å². The van der Waals surface area contributed by atoms with E-state index in [4.69, 9.17) is 4.74 Å². The largest absolute Gasteiger partial charge is 0.423 e. The molecule has 0 N–H and O–H groups in total. The van der Waals surface area contributed by atoms with Gasteiger partial charge in [-0.15, -0.1) is 0 Å². The summed E-state index contributed by atoms with van der Waals surface area (Å²) in [6.45, 7) is 0.651. The molecule has 0 unspecified atom stereocenters. The van der Waals surface area contributed by atoms with Crippen molar-refractivity contribution in [3.05, 3.63) is 59.7 Å². The van der Waals surface area contributed by atoms with Crippen molar-refractivity contribution >= 4 is 17.6 Å². The molecule has 0 bridgehead atoms. The van der Waals surface area contributed by atoms with E-state index in [0.717, 1.165) is 18.6 Å². The second-order valence-corrected chi connectivity index (χ2v) is 5.13. The third-order valence-electron chi connectivity index (χ3n) is 3.60. The minimum Gasteiger partial charge on any atom is -0.423 e. The molecule has 0 radical (unpaired) electrons. The quantitative estimate of drug-likeness (QED) is 0.644. The predicted octanol–water partition coefficient (Wildman–Crippen LogP) is 3.31. The maximum absolute atomic E-state index is 13.5. The van der Waals surface area contributed by atoms with Crippen molar-refractivity contribution in [2.75, 3.05) is 11.4 Å². The van der Waals surface area contributed by atoms with Gasteiger partial charge in [0.1, 0.15) is 22.9 Å². The number of halogens is 2. The molecule has 6 heteroatoms. The van der Waals surface area contributed by atoms with E-state index in [-0.39, 0.29) is 11.7 Å². The van der Waals surface area contributed by atoms with Crippen molar-refractivity contribution in [3.63, 3.8) is 0 Å². The minimum atomic E-state index is -1.11. The summed E-state index contributed by atoms with van der Waals surface area (Å²) in [4.78, 5) is 25.2. The second-order valence-electron chi connectivity index (χ2n) is 5.13. The summed E-state index contributed by atoms with van der Waals surface area (Å²) < 4.78 is 32.0. The Kier molecular flexibility index (Phi) is 4.06. The number of hydrogen-bond acceptors (Lipinski definition) is 3. The van der Waals surface area contributed by atoms with E-state index in [0.29, 0.717) is 18.7 Å². The molecule has 3 rings (SSSR count). The van der Waals surface area contributed by atoms with Gasteiger partial charge in [0.05, 0.1) is 0 Å². The van der Waals surface area contributed by atoms with E-state index in [1.807, 2.05) is 0 Å². The van der Waals surface area contributed by atoms with E-state index < -0.39 is 23.2 Å². The Morgan fingerprint density at radius 2 is 1.70 bits per heavy atom. The summed E-state index contributed by atoms with van der Waals surface area (Å²) in [6.07, 6.45) is 1.32. The summed E-state index contributed by atoms with van der Waals surface area (Å²) in [5.74, 6) is -2.87. The molecular formula is C17H13F2NO3. The Labute approximate surface area is 131 Å². The van der Waals surface area contributed by atoms with E-state index in [1.54, 1.807) is 17.0 Å². The summed E-state index contributed by atoms with van der Waals surface area (Å²) in [7, 11) is 0. The Morgan fingerprint density at radius 1 is 1.04 bits per heavy atom. The van der Waals surface area contributed by atoms with Crippen LogP contribution in [0.5, 0.6) is 5.75 Å². The summed E-state index contributed by atoms with van der Waals surface area (Å²) in [6, 6.07) is 9.37. The van der Waals surface area contributed by atoms with Crippen molar-refractivity contribution in [2.24, 2.45) is 0 Å². The van der Waals surface area contributed by atoms with E-state index in [9.17, 15) is 18.4 Å². The number of carbonyl (C=O) groups is 2. The van der Waals surface area contributed by atoms with Crippen LogP contribution >= 0.6 is 0 Å². The fourth-order valence-corrected chi connectivity index (χ4v) is 2.47. The van der Waals surface area contributed by atoms with Gasteiger partial charge in [-0.05, 0) is 42.8 Å². The van der Waals surface area contributed by atoms with Crippen LogP contribution in [0.15, 0.2) is 42.5 Å². The molecule has 1 amide bonds. The number of amides is 1. The van der Waals surface area contributed by atoms with Gasteiger partial charge in [0.2, 0.25) is 5.91 Å². The number of hydrogen-bond donors (Lipinski definition) is 0. The lowest BCUT2D eigenvalue weighted by Gasteiger charge is -2.15. The number of nitrogens with zero attached hydrogens (tertiary/aromatic N) is 1. The average molecular weight is 317 g/mol. The summed E-state index contributed by atoms with van der Waals surface area (Å²) >= 11 is 0. The first-order valence-electron chi connectivity index (χ1n) is 7.13. The average Bonchev–Trinajstić information content (AvgIpc) is 2.94. The van der Waals surface area contributed by atoms with Crippen LogP contribution in [0.25, 0.3) is 0 Å². The molecule has 23 heavy (non-hydrogen) atoms. The molecule has 2 aromatic carbocycles. The number of carbonyl (C=O) groups excluding carboxylic acids is 2. The molecule has 0 aromatic heterocycles. The molecule has 1 heterocycles. The van der Waals surface area contributed by atoms with Gasteiger partial charge < -0.3 is 9.64 Å². The SMILES string of the molecule is O=C(Oc1ccc(N2CCCC2=O)cc1)c1c(F)cccc1F. The highest BCUT2D eigenvalue weighted by Crippen LogP contribution is 2.24. The van der Waals surface area contributed by atoms with Gasteiger partial charge in [0.25, 0.3) is 0 Å². The maximum atomic E-state index is 13.5. The number of anilines is 1. The Morgan fingerprint density at radius 3 is 2.26 bits per heavy atom. The first-order chi connectivity index (χ1) is 11.1. The Balaban J connectivity index is 1.76. The van der Waals surface area contributed by atoms with Gasteiger partial charge in [-0.2, -0.15) is 0 Å². The third-order valence-corrected chi connectivity index (χ3v) is 3.60. The van der Waals surface area contributed by atoms with Gasteiger partial charge in [-0.25, -0.2) is 13.6 Å². The minimum absolute atomic E-state index is 0.0446. The van der Waals surface area contributed by atoms with Gasteiger partial charge >= 0.3 is 5.97 Å². The van der Waals surface area contributed by atoms with Crippen molar-refractivity contribution in [2.45, 2.75) is 12.8 Å². The van der Waals surface area contributed by atoms with Crippen LogP contribution < -0.4 is 9.64 Å². The van der Waals surface area contributed by atoms with Crippen LogP contribution in [0.4, 0.5) is 14.5 Å². The number of rotatable bonds is 3. The smallest absolute Gasteiger partial charge is 0.349 e. The molecule has 4 nitrogen and oxygen atoms in total. The van der Waals surface area contributed by atoms with E-state index in [1.165, 1.54) is 18.2 Å². The molecule has 0 spiro atoms. The fraction of sp³-hybridized carbons (Fsp3) is 0.176. The lowest BCUT2D eigenvalue weighted by atomic mass is 10.2. The molecule has 1 aliphatic heterocycles. The number of benzene rings is 2. The molecule has 2 aromatic rings. The van der Waals surface area contributed by atoms with Crippen molar-refractivity contribution < 1.29 is 23.1 Å².